The van der Waals surface area contributed by atoms with E-state index in [1.807, 2.05) is 6.92 Å². The highest BCUT2D eigenvalue weighted by molar-refractivity contribution is 5.76. The smallest absolute Gasteiger partial charge is 0.246 e. The largest absolute Gasteiger partial charge is 0.493 e. The monoisotopic (exact) mass is 399 g/mol. The molecule has 0 fully saturated rings. The van der Waals surface area contributed by atoms with Gasteiger partial charge in [-0.2, -0.15) is 4.80 Å². The van der Waals surface area contributed by atoms with Gasteiger partial charge < -0.3 is 14.4 Å². The Morgan fingerprint density at radius 2 is 1.83 bits per heavy atom. The second kappa shape index (κ2) is 8.68. The maximum atomic E-state index is 13.1. The van der Waals surface area contributed by atoms with E-state index in [0.29, 0.717) is 22.9 Å². The number of ether oxygens (including phenoxy) is 2. The zero-order valence-electron chi connectivity index (χ0n) is 16.7. The molecule has 9 heteroatoms. The van der Waals surface area contributed by atoms with E-state index in [2.05, 4.69) is 15.4 Å². The third-order valence-corrected chi connectivity index (χ3v) is 4.70. The van der Waals surface area contributed by atoms with Crippen molar-refractivity contribution in [2.45, 2.75) is 19.5 Å². The van der Waals surface area contributed by atoms with Crippen LogP contribution in [0.1, 0.15) is 18.5 Å². The van der Waals surface area contributed by atoms with Crippen molar-refractivity contribution in [1.29, 1.82) is 0 Å². The number of amides is 1. The predicted octanol–water partition coefficient (Wildman–Crippen LogP) is 2.72. The van der Waals surface area contributed by atoms with E-state index < -0.39 is 0 Å². The summed E-state index contributed by atoms with van der Waals surface area (Å²) in [5.41, 5.74) is 1.52. The van der Waals surface area contributed by atoms with Crippen molar-refractivity contribution < 1.29 is 18.7 Å². The molecular formula is C20H22FN5O3. The van der Waals surface area contributed by atoms with Crippen LogP contribution in [0.4, 0.5) is 4.39 Å². The van der Waals surface area contributed by atoms with Crippen LogP contribution in [0.15, 0.2) is 42.5 Å². The molecule has 1 amide bonds. The van der Waals surface area contributed by atoms with E-state index in [1.165, 1.54) is 16.9 Å². The third-order valence-electron chi connectivity index (χ3n) is 4.70. The lowest BCUT2D eigenvalue weighted by Gasteiger charge is -2.25. The fourth-order valence-electron chi connectivity index (χ4n) is 2.81. The third kappa shape index (κ3) is 4.50. The Balaban J connectivity index is 1.70. The fraction of sp³-hybridized carbons (Fsp3) is 0.300. The van der Waals surface area contributed by atoms with Gasteiger partial charge in [-0.05, 0) is 48.0 Å². The van der Waals surface area contributed by atoms with Gasteiger partial charge in [0.2, 0.25) is 11.7 Å². The van der Waals surface area contributed by atoms with Crippen LogP contribution in [0.2, 0.25) is 0 Å². The quantitative estimate of drug-likeness (QED) is 0.608. The number of hydrogen-bond donors (Lipinski definition) is 0. The lowest BCUT2D eigenvalue weighted by molar-refractivity contribution is -0.132. The van der Waals surface area contributed by atoms with Gasteiger partial charge in [-0.3, -0.25) is 4.79 Å². The van der Waals surface area contributed by atoms with Gasteiger partial charge in [0.15, 0.2) is 11.5 Å². The zero-order valence-corrected chi connectivity index (χ0v) is 16.7. The number of benzene rings is 2. The molecule has 0 aliphatic rings. The molecule has 0 saturated heterocycles. The summed E-state index contributed by atoms with van der Waals surface area (Å²) < 4.78 is 23.6. The summed E-state index contributed by atoms with van der Waals surface area (Å²) in [4.78, 5) is 15.4. The van der Waals surface area contributed by atoms with E-state index in [4.69, 9.17) is 9.47 Å². The fourth-order valence-corrected chi connectivity index (χ4v) is 2.81. The number of hydrogen-bond acceptors (Lipinski definition) is 6. The Morgan fingerprint density at radius 3 is 2.48 bits per heavy atom. The van der Waals surface area contributed by atoms with Crippen molar-refractivity contribution in [2.75, 3.05) is 21.3 Å². The number of methoxy groups -OCH3 is 2. The number of aromatic nitrogens is 4. The topological polar surface area (TPSA) is 82.4 Å². The molecule has 152 valence electrons. The van der Waals surface area contributed by atoms with Crippen molar-refractivity contribution in [1.82, 2.24) is 25.1 Å². The second-order valence-corrected chi connectivity index (χ2v) is 6.45. The van der Waals surface area contributed by atoms with Crippen molar-refractivity contribution in [2.24, 2.45) is 0 Å². The van der Waals surface area contributed by atoms with Crippen LogP contribution < -0.4 is 9.47 Å². The summed E-state index contributed by atoms with van der Waals surface area (Å²) >= 11 is 0. The zero-order chi connectivity index (χ0) is 21.0. The highest BCUT2D eigenvalue weighted by Gasteiger charge is 2.19. The molecule has 2 aromatic carbocycles. The van der Waals surface area contributed by atoms with Crippen LogP contribution in [-0.4, -0.2) is 52.3 Å². The van der Waals surface area contributed by atoms with Crippen molar-refractivity contribution in [3.05, 3.63) is 53.8 Å². The summed E-state index contributed by atoms with van der Waals surface area (Å²) in [6.07, 6.45) is 0. The first kappa shape index (κ1) is 20.2. The number of tetrazole rings is 1. The minimum atomic E-state index is -0.315. The van der Waals surface area contributed by atoms with Gasteiger partial charge in [0, 0.05) is 12.6 Å². The van der Waals surface area contributed by atoms with Crippen molar-refractivity contribution in [3.8, 4) is 22.9 Å². The lowest BCUT2D eigenvalue weighted by atomic mass is 10.1. The minimum Gasteiger partial charge on any atom is -0.493 e. The molecule has 0 bridgehead atoms. The first-order valence-corrected chi connectivity index (χ1v) is 8.94. The van der Waals surface area contributed by atoms with E-state index in [9.17, 15) is 9.18 Å². The first-order chi connectivity index (χ1) is 13.9. The molecular weight excluding hydrogens is 377 g/mol. The molecule has 1 unspecified atom stereocenters. The number of halogens is 1. The molecule has 3 aromatic rings. The Labute approximate surface area is 167 Å². The number of nitrogens with zero attached hydrogens (tertiary/aromatic N) is 5. The Kier molecular flexibility index (Phi) is 6.06. The van der Waals surface area contributed by atoms with E-state index in [-0.39, 0.29) is 24.3 Å². The van der Waals surface area contributed by atoms with Gasteiger partial charge in [0.1, 0.15) is 12.4 Å². The summed E-state index contributed by atoms with van der Waals surface area (Å²) in [5.74, 6) is 0.996. The van der Waals surface area contributed by atoms with Gasteiger partial charge in [-0.1, -0.05) is 12.1 Å². The SMILES string of the molecule is COc1ccc(-c2nnn(CC(=O)N(C)C(C)c3ccc(F)cc3)n2)cc1OC. The number of carbonyl (C=O) groups excluding carboxylic acids is 1. The molecule has 0 spiro atoms. The molecule has 1 heterocycles. The Morgan fingerprint density at radius 1 is 1.14 bits per heavy atom. The maximum absolute atomic E-state index is 13.1. The van der Waals surface area contributed by atoms with Crippen LogP contribution in [0.25, 0.3) is 11.4 Å². The summed E-state index contributed by atoms with van der Waals surface area (Å²) in [7, 11) is 4.78. The van der Waals surface area contributed by atoms with Crippen LogP contribution in [0.5, 0.6) is 11.5 Å². The Hall–Kier alpha value is -3.49. The molecule has 1 atom stereocenters. The number of rotatable bonds is 7. The van der Waals surface area contributed by atoms with Crippen LogP contribution >= 0.6 is 0 Å². The van der Waals surface area contributed by atoms with Gasteiger partial charge >= 0.3 is 0 Å². The molecule has 0 radical (unpaired) electrons. The van der Waals surface area contributed by atoms with E-state index in [1.54, 1.807) is 56.5 Å². The van der Waals surface area contributed by atoms with Crippen LogP contribution in [0.3, 0.4) is 0 Å². The number of likely N-dealkylation sites (N-methyl/N-ethyl adjacent to an activating group) is 1. The number of carbonyl (C=O) groups is 1. The standard InChI is InChI=1S/C20H22FN5O3/c1-13(14-5-8-16(21)9-6-14)25(2)19(27)12-26-23-20(22-24-26)15-7-10-17(28-3)18(11-15)29-4/h5-11,13H,12H2,1-4H3. The molecule has 1 aromatic heterocycles. The normalized spacial score (nSPS) is 11.8. The molecule has 0 N–H and O–H groups in total. The molecule has 0 aliphatic carbocycles. The highest BCUT2D eigenvalue weighted by Crippen LogP contribution is 2.30. The molecule has 0 saturated carbocycles. The summed E-state index contributed by atoms with van der Waals surface area (Å²) in [6.45, 7) is 1.80. The van der Waals surface area contributed by atoms with Crippen LogP contribution in [0, 0.1) is 5.82 Å². The average Bonchev–Trinajstić information content (AvgIpc) is 3.21. The summed E-state index contributed by atoms with van der Waals surface area (Å²) in [6, 6.07) is 11.1. The van der Waals surface area contributed by atoms with Gasteiger partial charge in [-0.15, -0.1) is 10.2 Å². The van der Waals surface area contributed by atoms with E-state index in [0.717, 1.165) is 5.56 Å². The average molecular weight is 399 g/mol. The molecule has 3 rings (SSSR count). The molecule has 8 nitrogen and oxygen atoms in total. The van der Waals surface area contributed by atoms with Crippen molar-refractivity contribution >= 4 is 5.91 Å². The van der Waals surface area contributed by atoms with Crippen molar-refractivity contribution in [3.63, 3.8) is 0 Å². The highest BCUT2D eigenvalue weighted by atomic mass is 19.1. The van der Waals surface area contributed by atoms with E-state index >= 15 is 0 Å². The maximum Gasteiger partial charge on any atom is 0.246 e. The lowest BCUT2D eigenvalue weighted by Crippen LogP contribution is -2.33. The van der Waals surface area contributed by atoms with Gasteiger partial charge in [0.05, 0.1) is 20.3 Å². The predicted molar refractivity (Wildman–Crippen MR) is 104 cm³/mol. The van der Waals surface area contributed by atoms with Gasteiger partial charge in [-0.25, -0.2) is 4.39 Å². The second-order valence-electron chi connectivity index (χ2n) is 6.45. The van der Waals surface area contributed by atoms with Gasteiger partial charge in [0.25, 0.3) is 0 Å². The summed E-state index contributed by atoms with van der Waals surface area (Å²) in [5, 5.41) is 12.3. The molecule has 29 heavy (non-hydrogen) atoms. The Bertz CT molecular complexity index is 990. The minimum absolute atomic E-state index is 0.0671. The van der Waals surface area contributed by atoms with Crippen LogP contribution in [-0.2, 0) is 11.3 Å². The molecule has 0 aliphatic heterocycles. The first-order valence-electron chi connectivity index (χ1n) is 8.94.